The second-order valence-corrected chi connectivity index (χ2v) is 7.45. The molecule has 0 amide bonds. The highest BCUT2D eigenvalue weighted by Crippen LogP contribution is 2.32. The highest BCUT2D eigenvalue weighted by molar-refractivity contribution is 7.85. The molecule has 3 nitrogen and oxygen atoms in total. The Bertz CT molecular complexity index is 863. The molecule has 3 rings (SSSR count). The van der Waals surface area contributed by atoms with Crippen molar-refractivity contribution in [1.82, 2.24) is 0 Å². The lowest BCUT2D eigenvalue weighted by atomic mass is 9.97. The van der Waals surface area contributed by atoms with Gasteiger partial charge in [-0.15, -0.1) is 0 Å². The Hall–Kier alpha value is -2.27. The van der Waals surface area contributed by atoms with Gasteiger partial charge in [-0.25, -0.2) is 4.21 Å². The van der Waals surface area contributed by atoms with Crippen molar-refractivity contribution in [2.24, 2.45) is 5.73 Å². The van der Waals surface area contributed by atoms with Gasteiger partial charge in [0.1, 0.15) is 0 Å². The minimum Gasteiger partial charge on any atom is -0.386 e. The first-order valence-electron chi connectivity index (χ1n) is 8.14. The third kappa shape index (κ3) is 3.87. The summed E-state index contributed by atoms with van der Waals surface area (Å²) in [5.41, 5.74) is 8.79. The first-order chi connectivity index (χ1) is 12.1. The highest BCUT2D eigenvalue weighted by atomic mass is 32.2. The third-order valence-corrected chi connectivity index (χ3v) is 5.67. The van der Waals surface area contributed by atoms with Crippen molar-refractivity contribution in [2.45, 2.75) is 28.9 Å². The van der Waals surface area contributed by atoms with Gasteiger partial charge in [-0.1, -0.05) is 66.2 Å². The van der Waals surface area contributed by atoms with Crippen LogP contribution in [0.2, 0.25) is 0 Å². The highest BCUT2D eigenvalue weighted by Gasteiger charge is 2.23. The number of benzene rings is 3. The monoisotopic (exact) mass is 351 g/mol. The Morgan fingerprint density at radius 1 is 0.880 bits per heavy atom. The average Bonchev–Trinajstić information content (AvgIpc) is 2.67. The Morgan fingerprint density at radius 3 is 2.16 bits per heavy atom. The molecule has 4 heteroatoms. The predicted octanol–water partition coefficient (Wildman–Crippen LogP) is 3.90. The van der Waals surface area contributed by atoms with Gasteiger partial charge in [-0.3, -0.25) is 0 Å². The molecule has 3 aromatic carbocycles. The standard InChI is InChI=1S/C21H21NO2S/c1-15-11-13-17(14-12-15)25(24)19-10-6-5-9-18(19)21(23)20(22)16-7-3-2-4-8-16/h2-14,20-21,23H,22H2,1H3/t20-,21+,25?/m1/s1. The molecule has 0 aliphatic heterocycles. The molecule has 0 spiro atoms. The van der Waals surface area contributed by atoms with E-state index in [4.69, 9.17) is 5.73 Å². The Labute approximate surface area is 150 Å². The zero-order valence-corrected chi connectivity index (χ0v) is 14.8. The van der Waals surface area contributed by atoms with Crippen molar-refractivity contribution in [3.8, 4) is 0 Å². The van der Waals surface area contributed by atoms with Crippen LogP contribution in [0.3, 0.4) is 0 Å². The minimum absolute atomic E-state index is 0.586. The Kier molecular flexibility index (Phi) is 5.43. The maximum absolute atomic E-state index is 13.0. The molecule has 3 atom stereocenters. The topological polar surface area (TPSA) is 63.3 Å². The number of nitrogens with two attached hydrogens (primary N) is 1. The lowest BCUT2D eigenvalue weighted by Crippen LogP contribution is -2.20. The molecule has 0 bridgehead atoms. The predicted molar refractivity (Wildman–Crippen MR) is 101 cm³/mol. The second-order valence-electron chi connectivity index (χ2n) is 6.00. The van der Waals surface area contributed by atoms with Gasteiger partial charge in [-0.2, -0.15) is 0 Å². The van der Waals surface area contributed by atoms with Crippen molar-refractivity contribution in [3.63, 3.8) is 0 Å². The van der Waals surface area contributed by atoms with Crippen molar-refractivity contribution < 1.29 is 9.32 Å². The molecule has 0 saturated heterocycles. The molecule has 25 heavy (non-hydrogen) atoms. The van der Waals surface area contributed by atoms with Crippen LogP contribution in [0.1, 0.15) is 28.8 Å². The second kappa shape index (κ2) is 7.74. The fourth-order valence-corrected chi connectivity index (χ4v) is 3.98. The Morgan fingerprint density at radius 2 is 1.48 bits per heavy atom. The van der Waals surface area contributed by atoms with Crippen molar-refractivity contribution in [1.29, 1.82) is 0 Å². The van der Waals surface area contributed by atoms with Crippen molar-refractivity contribution in [3.05, 3.63) is 95.6 Å². The lowest BCUT2D eigenvalue weighted by molar-refractivity contribution is 0.144. The first kappa shape index (κ1) is 17.5. The van der Waals surface area contributed by atoms with Crippen molar-refractivity contribution in [2.75, 3.05) is 0 Å². The number of aliphatic hydroxyl groups excluding tert-OH is 1. The summed E-state index contributed by atoms with van der Waals surface area (Å²) in [4.78, 5) is 1.30. The van der Waals surface area contributed by atoms with Crippen LogP contribution in [-0.2, 0) is 10.8 Å². The molecule has 0 heterocycles. The number of hydrogen-bond donors (Lipinski definition) is 2. The van der Waals surface area contributed by atoms with Crippen LogP contribution >= 0.6 is 0 Å². The summed E-state index contributed by atoms with van der Waals surface area (Å²) in [6, 6.07) is 23.7. The summed E-state index contributed by atoms with van der Waals surface area (Å²) in [5, 5.41) is 10.8. The van der Waals surface area contributed by atoms with E-state index in [1.165, 1.54) is 0 Å². The molecule has 0 aromatic heterocycles. The average molecular weight is 351 g/mol. The third-order valence-electron chi connectivity index (χ3n) is 4.20. The van der Waals surface area contributed by atoms with Gasteiger partial charge in [0.05, 0.1) is 22.9 Å². The molecule has 0 fully saturated rings. The van der Waals surface area contributed by atoms with Crippen LogP contribution < -0.4 is 5.73 Å². The molecule has 3 N–H and O–H groups in total. The maximum atomic E-state index is 13.0. The summed E-state index contributed by atoms with van der Waals surface area (Å²) >= 11 is 0. The van der Waals surface area contributed by atoms with Crippen molar-refractivity contribution >= 4 is 10.8 Å². The van der Waals surface area contributed by atoms with E-state index >= 15 is 0 Å². The van der Waals surface area contributed by atoms with E-state index in [0.717, 1.165) is 11.1 Å². The molecule has 0 aliphatic rings. The smallest absolute Gasteiger partial charge is 0.0994 e. The normalized spacial score (nSPS) is 14.7. The zero-order chi connectivity index (χ0) is 17.8. The minimum atomic E-state index is -1.38. The van der Waals surface area contributed by atoms with E-state index in [2.05, 4.69) is 0 Å². The van der Waals surface area contributed by atoms with E-state index in [1.54, 1.807) is 12.1 Å². The van der Waals surface area contributed by atoms with Crippen LogP contribution in [0.4, 0.5) is 0 Å². The molecule has 1 unspecified atom stereocenters. The van der Waals surface area contributed by atoms with Crippen LogP contribution in [0, 0.1) is 6.92 Å². The fourth-order valence-electron chi connectivity index (χ4n) is 2.73. The summed E-state index contributed by atoms with van der Waals surface area (Å²) in [6.45, 7) is 1.99. The summed E-state index contributed by atoms with van der Waals surface area (Å²) in [5.74, 6) is 0. The van der Waals surface area contributed by atoms with Gasteiger partial charge >= 0.3 is 0 Å². The van der Waals surface area contributed by atoms with Gasteiger partial charge in [0.15, 0.2) is 0 Å². The molecule has 0 saturated carbocycles. The molecule has 3 aromatic rings. The maximum Gasteiger partial charge on any atom is 0.0994 e. The largest absolute Gasteiger partial charge is 0.386 e. The van der Waals surface area contributed by atoms with E-state index in [-0.39, 0.29) is 0 Å². The SMILES string of the molecule is Cc1ccc(S(=O)c2ccccc2[C@H](O)[C@H](N)c2ccccc2)cc1. The van der Waals surface area contributed by atoms with Gasteiger partial charge < -0.3 is 10.8 Å². The van der Waals surface area contributed by atoms with Gasteiger partial charge in [0, 0.05) is 9.79 Å². The Balaban J connectivity index is 1.95. The fraction of sp³-hybridized carbons (Fsp3) is 0.143. The summed E-state index contributed by atoms with van der Waals surface area (Å²) in [6.07, 6.45) is -0.937. The van der Waals surface area contributed by atoms with E-state index in [0.29, 0.717) is 15.4 Å². The molecule has 0 radical (unpaired) electrons. The first-order valence-corrected chi connectivity index (χ1v) is 9.29. The number of aryl methyl sites for hydroxylation is 1. The number of rotatable bonds is 5. The van der Waals surface area contributed by atoms with E-state index < -0.39 is 22.9 Å². The van der Waals surface area contributed by atoms with E-state index in [1.807, 2.05) is 73.7 Å². The van der Waals surface area contributed by atoms with Crippen LogP contribution in [0.5, 0.6) is 0 Å². The van der Waals surface area contributed by atoms with Gasteiger partial charge in [0.2, 0.25) is 0 Å². The summed E-state index contributed by atoms with van der Waals surface area (Å²) in [7, 11) is -1.38. The number of hydrogen-bond acceptors (Lipinski definition) is 3. The quantitative estimate of drug-likeness (QED) is 0.733. The molecular weight excluding hydrogens is 330 g/mol. The zero-order valence-electron chi connectivity index (χ0n) is 14.0. The lowest BCUT2D eigenvalue weighted by Gasteiger charge is -2.22. The van der Waals surface area contributed by atoms with Crippen LogP contribution in [-0.4, -0.2) is 9.32 Å². The van der Waals surface area contributed by atoms with Crippen LogP contribution in [0.25, 0.3) is 0 Å². The molecule has 0 aliphatic carbocycles. The van der Waals surface area contributed by atoms with E-state index in [9.17, 15) is 9.32 Å². The molecular formula is C21H21NO2S. The van der Waals surface area contributed by atoms with Gasteiger partial charge in [-0.05, 0) is 36.2 Å². The van der Waals surface area contributed by atoms with Gasteiger partial charge in [0.25, 0.3) is 0 Å². The summed E-state index contributed by atoms with van der Waals surface area (Å²) < 4.78 is 13.0. The van der Waals surface area contributed by atoms with Crippen LogP contribution in [0.15, 0.2) is 88.7 Å². The molecule has 128 valence electrons. The number of aliphatic hydroxyl groups is 1.